The molecule has 2 fully saturated rings. The summed E-state index contributed by atoms with van der Waals surface area (Å²) in [7, 11) is 0. The average Bonchev–Trinajstić information content (AvgIpc) is 2.67. The summed E-state index contributed by atoms with van der Waals surface area (Å²) >= 11 is 2.03. The topological polar surface area (TPSA) is 44.8 Å². The molecular formula is C18H26FN3O2S. The molecule has 138 valence electrons. The van der Waals surface area contributed by atoms with E-state index in [1.807, 2.05) is 16.7 Å². The molecule has 0 bridgehead atoms. The van der Waals surface area contributed by atoms with E-state index in [9.17, 15) is 9.18 Å². The second-order valence-electron chi connectivity index (χ2n) is 6.38. The highest BCUT2D eigenvalue weighted by atomic mass is 32.2. The van der Waals surface area contributed by atoms with Crippen LogP contribution in [0, 0.1) is 5.82 Å². The Balaban J connectivity index is 1.33. The molecule has 2 aliphatic rings. The fourth-order valence-corrected chi connectivity index (χ4v) is 4.30. The summed E-state index contributed by atoms with van der Waals surface area (Å²) < 4.78 is 18.8. The number of piperidine rings is 1. The van der Waals surface area contributed by atoms with Gasteiger partial charge in [-0.15, -0.1) is 0 Å². The number of hydrogen-bond donors (Lipinski definition) is 1. The number of thioether (sulfide) groups is 1. The molecule has 2 amide bonds. The Hall–Kier alpha value is -1.47. The highest BCUT2D eigenvalue weighted by molar-refractivity contribution is 7.99. The minimum absolute atomic E-state index is 0.0511. The van der Waals surface area contributed by atoms with Crippen molar-refractivity contribution in [3.05, 3.63) is 30.1 Å². The number of nitrogens with zero attached hydrogens (tertiary/aromatic N) is 2. The molecule has 0 unspecified atom stereocenters. The maximum atomic E-state index is 13.4. The van der Waals surface area contributed by atoms with Crippen molar-refractivity contribution in [2.24, 2.45) is 0 Å². The number of nitrogens with one attached hydrogen (secondary N) is 1. The third-order valence-electron chi connectivity index (χ3n) is 4.79. The lowest BCUT2D eigenvalue weighted by Gasteiger charge is -2.40. The van der Waals surface area contributed by atoms with Crippen LogP contribution in [0.5, 0.6) is 5.75 Å². The van der Waals surface area contributed by atoms with Crippen molar-refractivity contribution < 1.29 is 13.9 Å². The summed E-state index contributed by atoms with van der Waals surface area (Å²) in [6.07, 6.45) is 2.09. The van der Waals surface area contributed by atoms with E-state index in [2.05, 4.69) is 10.2 Å². The molecule has 1 N–H and O–H groups in total. The zero-order valence-corrected chi connectivity index (χ0v) is 15.3. The largest absolute Gasteiger partial charge is 0.489 e. The molecule has 2 aliphatic heterocycles. The summed E-state index contributed by atoms with van der Waals surface area (Å²) in [6.45, 7) is 4.58. The fraction of sp³-hybridized carbons (Fsp3) is 0.611. The summed E-state index contributed by atoms with van der Waals surface area (Å²) in [5.41, 5.74) is 0. The number of ether oxygens (including phenoxy) is 1. The van der Waals surface area contributed by atoms with Crippen molar-refractivity contribution in [3.8, 4) is 5.75 Å². The Morgan fingerprint density at radius 1 is 1.20 bits per heavy atom. The minimum Gasteiger partial charge on any atom is -0.489 e. The van der Waals surface area contributed by atoms with E-state index in [0.717, 1.165) is 25.9 Å². The van der Waals surface area contributed by atoms with E-state index in [1.54, 1.807) is 18.2 Å². The quantitative estimate of drug-likeness (QED) is 0.812. The number of amides is 2. The lowest BCUT2D eigenvalue weighted by atomic mass is 10.0. The molecule has 0 aromatic heterocycles. The standard InChI is InChI=1S/C18H26FN3O2S/c19-16-3-1-2-4-17(16)24-12-7-20-18(23)22-8-5-15(6-9-22)21-10-13-25-14-11-21/h1-4,15H,5-14H2,(H,20,23). The van der Waals surface area contributed by atoms with Crippen LogP contribution in [-0.2, 0) is 0 Å². The Morgan fingerprint density at radius 2 is 1.92 bits per heavy atom. The molecule has 0 aliphatic carbocycles. The van der Waals surface area contributed by atoms with Crippen LogP contribution in [0.3, 0.4) is 0 Å². The predicted octanol–water partition coefficient (Wildman–Crippen LogP) is 2.43. The Morgan fingerprint density at radius 3 is 2.64 bits per heavy atom. The number of para-hydroxylation sites is 1. The maximum Gasteiger partial charge on any atom is 0.317 e. The normalized spacial score (nSPS) is 19.6. The summed E-state index contributed by atoms with van der Waals surface area (Å²) in [5, 5.41) is 2.86. The van der Waals surface area contributed by atoms with Crippen LogP contribution >= 0.6 is 11.8 Å². The van der Waals surface area contributed by atoms with E-state index in [1.165, 1.54) is 30.7 Å². The van der Waals surface area contributed by atoms with Gasteiger partial charge in [-0.05, 0) is 25.0 Å². The molecule has 0 saturated carbocycles. The highest BCUT2D eigenvalue weighted by Gasteiger charge is 2.27. The molecule has 1 aromatic rings. The maximum absolute atomic E-state index is 13.4. The van der Waals surface area contributed by atoms with E-state index in [0.29, 0.717) is 12.6 Å². The van der Waals surface area contributed by atoms with E-state index >= 15 is 0 Å². The first-order valence-electron chi connectivity index (χ1n) is 8.96. The number of benzene rings is 1. The second-order valence-corrected chi connectivity index (χ2v) is 7.60. The highest BCUT2D eigenvalue weighted by Crippen LogP contribution is 2.20. The minimum atomic E-state index is -0.382. The van der Waals surface area contributed by atoms with E-state index in [-0.39, 0.29) is 24.2 Å². The van der Waals surface area contributed by atoms with Crippen LogP contribution < -0.4 is 10.1 Å². The van der Waals surface area contributed by atoms with Crippen LogP contribution in [0.1, 0.15) is 12.8 Å². The summed E-state index contributed by atoms with van der Waals surface area (Å²) in [4.78, 5) is 16.7. The van der Waals surface area contributed by atoms with Gasteiger partial charge in [-0.1, -0.05) is 12.1 Å². The average molecular weight is 367 g/mol. The van der Waals surface area contributed by atoms with Gasteiger partial charge in [0.25, 0.3) is 0 Å². The van der Waals surface area contributed by atoms with Crippen LogP contribution in [-0.4, -0.2) is 72.7 Å². The number of rotatable bonds is 5. The van der Waals surface area contributed by atoms with Gasteiger partial charge in [-0.2, -0.15) is 11.8 Å². The first-order valence-corrected chi connectivity index (χ1v) is 10.1. The Labute approximate surface area is 152 Å². The summed E-state index contributed by atoms with van der Waals surface area (Å²) in [6, 6.07) is 6.86. The van der Waals surface area contributed by atoms with Gasteiger partial charge in [0.2, 0.25) is 0 Å². The van der Waals surface area contributed by atoms with Gasteiger partial charge in [0.15, 0.2) is 11.6 Å². The zero-order chi connectivity index (χ0) is 17.5. The van der Waals surface area contributed by atoms with Crippen molar-refractivity contribution in [2.45, 2.75) is 18.9 Å². The van der Waals surface area contributed by atoms with Crippen molar-refractivity contribution in [1.29, 1.82) is 0 Å². The van der Waals surface area contributed by atoms with Gasteiger partial charge >= 0.3 is 6.03 Å². The number of halogens is 1. The number of carbonyl (C=O) groups excluding carboxylic acids is 1. The van der Waals surface area contributed by atoms with E-state index in [4.69, 9.17) is 4.74 Å². The molecule has 2 saturated heterocycles. The molecule has 0 spiro atoms. The summed E-state index contributed by atoms with van der Waals surface area (Å²) in [5.74, 6) is 2.29. The lowest BCUT2D eigenvalue weighted by molar-refractivity contribution is 0.124. The first kappa shape index (κ1) is 18.3. The van der Waals surface area contributed by atoms with Crippen LogP contribution in [0.4, 0.5) is 9.18 Å². The first-order chi connectivity index (χ1) is 12.2. The third kappa shape index (κ3) is 5.25. The molecule has 7 heteroatoms. The molecule has 0 atom stereocenters. The lowest BCUT2D eigenvalue weighted by Crippen LogP contribution is -2.51. The fourth-order valence-electron chi connectivity index (χ4n) is 3.37. The van der Waals surface area contributed by atoms with Crippen LogP contribution in [0.15, 0.2) is 24.3 Å². The smallest absolute Gasteiger partial charge is 0.317 e. The molecular weight excluding hydrogens is 341 g/mol. The van der Waals surface area contributed by atoms with Crippen molar-refractivity contribution >= 4 is 17.8 Å². The van der Waals surface area contributed by atoms with Crippen LogP contribution in [0.25, 0.3) is 0 Å². The van der Waals surface area contributed by atoms with Gasteiger partial charge in [0.1, 0.15) is 6.61 Å². The monoisotopic (exact) mass is 367 g/mol. The SMILES string of the molecule is O=C(NCCOc1ccccc1F)N1CCC(N2CCSCC2)CC1. The Bertz CT molecular complexity index is 561. The number of urea groups is 1. The van der Waals surface area contributed by atoms with Crippen molar-refractivity contribution in [3.63, 3.8) is 0 Å². The molecule has 1 aromatic carbocycles. The predicted molar refractivity (Wildman–Crippen MR) is 98.8 cm³/mol. The number of carbonyl (C=O) groups is 1. The Kier molecular flexibility index (Phi) is 6.81. The molecule has 3 rings (SSSR count). The van der Waals surface area contributed by atoms with Gasteiger partial charge in [0, 0.05) is 43.7 Å². The van der Waals surface area contributed by atoms with Gasteiger partial charge < -0.3 is 15.0 Å². The van der Waals surface area contributed by atoms with Gasteiger partial charge in [-0.25, -0.2) is 9.18 Å². The van der Waals surface area contributed by atoms with E-state index < -0.39 is 0 Å². The van der Waals surface area contributed by atoms with Gasteiger partial charge in [-0.3, -0.25) is 4.90 Å². The molecule has 2 heterocycles. The van der Waals surface area contributed by atoms with Crippen molar-refractivity contribution in [2.75, 3.05) is 50.8 Å². The zero-order valence-electron chi connectivity index (χ0n) is 14.5. The van der Waals surface area contributed by atoms with Gasteiger partial charge in [0.05, 0.1) is 6.54 Å². The van der Waals surface area contributed by atoms with Crippen molar-refractivity contribution in [1.82, 2.24) is 15.1 Å². The molecule has 0 radical (unpaired) electrons. The molecule has 5 nitrogen and oxygen atoms in total. The third-order valence-corrected chi connectivity index (χ3v) is 5.73. The number of likely N-dealkylation sites (tertiary alicyclic amines) is 1. The number of hydrogen-bond acceptors (Lipinski definition) is 4. The second kappa shape index (κ2) is 9.29. The van der Waals surface area contributed by atoms with Crippen LogP contribution in [0.2, 0.25) is 0 Å². The molecule has 25 heavy (non-hydrogen) atoms.